The van der Waals surface area contributed by atoms with E-state index in [-0.39, 0.29) is 12.3 Å². The highest BCUT2D eigenvalue weighted by atomic mass is 32.2. The van der Waals surface area contributed by atoms with Gasteiger partial charge >= 0.3 is 5.97 Å². The Labute approximate surface area is 183 Å². The predicted molar refractivity (Wildman–Crippen MR) is 124 cm³/mol. The SMILES string of the molecule is COc1ccc2cc(C(C)=C3SC(=Nc4ccc(CC(=O)O)cc4)NC3=O)ccc2c1. The molecule has 0 bridgehead atoms. The predicted octanol–water partition coefficient (Wildman–Crippen LogP) is 4.76. The Balaban J connectivity index is 1.58. The van der Waals surface area contributed by atoms with E-state index < -0.39 is 5.97 Å². The third-order valence-corrected chi connectivity index (χ3v) is 6.05. The molecular weight excluding hydrogens is 412 g/mol. The average molecular weight is 433 g/mol. The quantitative estimate of drug-likeness (QED) is 0.568. The second kappa shape index (κ2) is 8.65. The van der Waals surface area contributed by atoms with Crippen LogP contribution in [0.2, 0.25) is 0 Å². The lowest BCUT2D eigenvalue weighted by molar-refractivity contribution is -0.136. The zero-order valence-electron chi connectivity index (χ0n) is 17.0. The first-order chi connectivity index (χ1) is 14.9. The molecule has 1 fully saturated rings. The van der Waals surface area contributed by atoms with Crippen LogP contribution >= 0.6 is 11.8 Å². The van der Waals surface area contributed by atoms with E-state index in [1.807, 2.05) is 37.3 Å². The number of carboxylic acid groups (broad SMARTS) is 1. The average Bonchev–Trinajstić information content (AvgIpc) is 3.13. The third-order valence-electron chi connectivity index (χ3n) is 4.97. The largest absolute Gasteiger partial charge is 0.497 e. The van der Waals surface area contributed by atoms with Crippen LogP contribution in [0.5, 0.6) is 5.75 Å². The number of aliphatic imine (C=N–C) groups is 1. The molecule has 3 aromatic carbocycles. The monoisotopic (exact) mass is 432 g/mol. The number of thioether (sulfide) groups is 1. The topological polar surface area (TPSA) is 88.0 Å². The number of aliphatic carboxylic acids is 1. The van der Waals surface area contributed by atoms with Gasteiger partial charge in [-0.25, -0.2) is 4.99 Å². The van der Waals surface area contributed by atoms with Crippen LogP contribution in [0.15, 0.2) is 70.6 Å². The Morgan fingerprint density at radius 2 is 1.77 bits per heavy atom. The molecule has 7 heteroatoms. The van der Waals surface area contributed by atoms with Gasteiger partial charge in [-0.2, -0.15) is 0 Å². The van der Waals surface area contributed by atoms with Crippen molar-refractivity contribution >= 4 is 50.8 Å². The number of rotatable bonds is 5. The second-order valence-corrected chi connectivity index (χ2v) is 8.09. The number of carbonyl (C=O) groups is 2. The summed E-state index contributed by atoms with van der Waals surface area (Å²) in [5.74, 6) is -0.257. The molecule has 2 N–H and O–H groups in total. The number of nitrogens with zero attached hydrogens (tertiary/aromatic N) is 1. The Kier molecular flexibility index (Phi) is 5.77. The summed E-state index contributed by atoms with van der Waals surface area (Å²) in [7, 11) is 1.64. The van der Waals surface area contributed by atoms with E-state index in [0.717, 1.165) is 27.7 Å². The zero-order valence-corrected chi connectivity index (χ0v) is 17.8. The van der Waals surface area contributed by atoms with Crippen LogP contribution in [0, 0.1) is 0 Å². The molecule has 0 spiro atoms. The number of allylic oxidation sites excluding steroid dienone is 1. The highest BCUT2D eigenvalue weighted by Crippen LogP contribution is 2.34. The molecule has 0 aromatic heterocycles. The number of carboxylic acids is 1. The van der Waals surface area contributed by atoms with E-state index in [1.165, 1.54) is 11.8 Å². The van der Waals surface area contributed by atoms with Gasteiger partial charge in [0, 0.05) is 0 Å². The second-order valence-electron chi connectivity index (χ2n) is 7.09. The standard InChI is InChI=1S/C24H20N2O4S/c1-14(16-5-6-18-13-20(30-2)10-7-17(18)12-16)22-23(29)26-24(31-22)25-19-8-3-15(4-9-19)11-21(27)28/h3-10,12-13H,11H2,1-2H3,(H,27,28)(H,25,26,29). The van der Waals surface area contributed by atoms with E-state index in [9.17, 15) is 9.59 Å². The Bertz CT molecular complexity index is 1250. The van der Waals surface area contributed by atoms with Crippen LogP contribution in [-0.4, -0.2) is 29.3 Å². The summed E-state index contributed by atoms with van der Waals surface area (Å²) in [6.45, 7) is 1.93. The Morgan fingerprint density at radius 3 is 2.48 bits per heavy atom. The number of amides is 1. The molecule has 4 rings (SSSR count). The van der Waals surface area contributed by atoms with Gasteiger partial charge in [0.25, 0.3) is 5.91 Å². The molecule has 0 atom stereocenters. The van der Waals surface area contributed by atoms with Crippen molar-refractivity contribution in [3.63, 3.8) is 0 Å². The number of methoxy groups -OCH3 is 1. The van der Waals surface area contributed by atoms with Crippen molar-refractivity contribution in [1.82, 2.24) is 5.32 Å². The lowest BCUT2D eigenvalue weighted by Gasteiger charge is -2.07. The van der Waals surface area contributed by atoms with Gasteiger partial charge in [-0.1, -0.05) is 30.3 Å². The molecule has 1 amide bonds. The van der Waals surface area contributed by atoms with Crippen LogP contribution in [0.3, 0.4) is 0 Å². The van der Waals surface area contributed by atoms with E-state index in [4.69, 9.17) is 9.84 Å². The number of amidine groups is 1. The number of ether oxygens (including phenoxy) is 1. The summed E-state index contributed by atoms with van der Waals surface area (Å²) in [6, 6.07) is 18.9. The van der Waals surface area contributed by atoms with Gasteiger partial charge in [0.1, 0.15) is 5.75 Å². The molecule has 3 aromatic rings. The Morgan fingerprint density at radius 1 is 1.06 bits per heavy atom. The first kappa shape index (κ1) is 20.7. The third kappa shape index (κ3) is 4.62. The van der Waals surface area contributed by atoms with Crippen molar-refractivity contribution < 1.29 is 19.4 Å². The molecule has 156 valence electrons. The number of fused-ring (bicyclic) bond motifs is 1. The highest BCUT2D eigenvalue weighted by molar-refractivity contribution is 8.18. The van der Waals surface area contributed by atoms with Gasteiger partial charge in [0.15, 0.2) is 5.17 Å². The molecular formula is C24H20N2O4S. The molecule has 31 heavy (non-hydrogen) atoms. The highest BCUT2D eigenvalue weighted by Gasteiger charge is 2.26. The van der Waals surface area contributed by atoms with Crippen molar-refractivity contribution in [2.24, 2.45) is 4.99 Å². The van der Waals surface area contributed by atoms with Crippen molar-refractivity contribution in [2.45, 2.75) is 13.3 Å². The van der Waals surface area contributed by atoms with Crippen LogP contribution in [0.25, 0.3) is 16.3 Å². The molecule has 6 nitrogen and oxygen atoms in total. The smallest absolute Gasteiger partial charge is 0.307 e. The minimum atomic E-state index is -0.879. The summed E-state index contributed by atoms with van der Waals surface area (Å²) in [5, 5.41) is 14.3. The first-order valence-electron chi connectivity index (χ1n) is 9.60. The lowest BCUT2D eigenvalue weighted by Crippen LogP contribution is -2.19. The molecule has 0 saturated carbocycles. The van der Waals surface area contributed by atoms with Gasteiger partial charge < -0.3 is 15.2 Å². The van der Waals surface area contributed by atoms with Crippen LogP contribution in [0.4, 0.5) is 5.69 Å². The molecule has 0 unspecified atom stereocenters. The number of nitrogens with one attached hydrogen (secondary N) is 1. The van der Waals surface area contributed by atoms with Gasteiger partial charge in [-0.05, 0) is 76.5 Å². The van der Waals surface area contributed by atoms with Crippen molar-refractivity contribution in [2.75, 3.05) is 7.11 Å². The minimum absolute atomic E-state index is 0.0348. The molecule has 1 saturated heterocycles. The van der Waals surface area contributed by atoms with Crippen molar-refractivity contribution in [3.05, 3.63) is 76.7 Å². The molecule has 1 aliphatic heterocycles. The summed E-state index contributed by atoms with van der Waals surface area (Å²) in [6.07, 6.45) is -0.0348. The molecule has 0 radical (unpaired) electrons. The fraction of sp³-hybridized carbons (Fsp3) is 0.125. The number of hydrogen-bond donors (Lipinski definition) is 2. The maximum absolute atomic E-state index is 12.6. The summed E-state index contributed by atoms with van der Waals surface area (Å²) in [5.41, 5.74) is 3.19. The maximum Gasteiger partial charge on any atom is 0.307 e. The maximum atomic E-state index is 12.6. The number of hydrogen-bond acceptors (Lipinski definition) is 5. The normalized spacial score (nSPS) is 16.5. The zero-order chi connectivity index (χ0) is 22.0. The van der Waals surface area contributed by atoms with Gasteiger partial charge in [0.05, 0.1) is 24.1 Å². The summed E-state index contributed by atoms with van der Waals surface area (Å²) >= 11 is 1.30. The summed E-state index contributed by atoms with van der Waals surface area (Å²) in [4.78, 5) is 28.4. The van der Waals surface area contributed by atoms with Crippen LogP contribution in [-0.2, 0) is 16.0 Å². The Hall–Kier alpha value is -3.58. The molecule has 0 aliphatic carbocycles. The lowest BCUT2D eigenvalue weighted by atomic mass is 10.0. The van der Waals surface area contributed by atoms with E-state index in [1.54, 1.807) is 31.4 Å². The number of carbonyl (C=O) groups excluding carboxylic acids is 1. The van der Waals surface area contributed by atoms with Crippen LogP contribution < -0.4 is 10.1 Å². The molecule has 1 heterocycles. The van der Waals surface area contributed by atoms with Crippen molar-refractivity contribution in [3.8, 4) is 5.75 Å². The first-order valence-corrected chi connectivity index (χ1v) is 10.4. The number of benzene rings is 3. The minimum Gasteiger partial charge on any atom is -0.497 e. The van der Waals surface area contributed by atoms with E-state index >= 15 is 0 Å². The fourth-order valence-corrected chi connectivity index (χ4v) is 4.22. The fourth-order valence-electron chi connectivity index (χ4n) is 3.32. The van der Waals surface area contributed by atoms with Gasteiger partial charge in [-0.15, -0.1) is 0 Å². The van der Waals surface area contributed by atoms with Crippen molar-refractivity contribution in [1.29, 1.82) is 0 Å². The van der Waals surface area contributed by atoms with E-state index in [0.29, 0.717) is 21.3 Å². The van der Waals surface area contributed by atoms with Crippen LogP contribution in [0.1, 0.15) is 18.1 Å². The van der Waals surface area contributed by atoms with Gasteiger partial charge in [-0.3, -0.25) is 9.59 Å². The summed E-state index contributed by atoms with van der Waals surface area (Å²) < 4.78 is 5.27. The van der Waals surface area contributed by atoms with E-state index in [2.05, 4.69) is 16.4 Å². The van der Waals surface area contributed by atoms with Gasteiger partial charge in [0.2, 0.25) is 0 Å². The molecule has 1 aliphatic rings.